The summed E-state index contributed by atoms with van der Waals surface area (Å²) in [5.41, 5.74) is -0.963. The molecule has 138 valence electrons. The molecule has 0 spiro atoms. The average molecular weight is 396 g/mol. The first-order valence-electron chi connectivity index (χ1n) is 7.67. The van der Waals surface area contributed by atoms with Crippen LogP contribution >= 0.6 is 23.4 Å². The van der Waals surface area contributed by atoms with E-state index in [9.17, 15) is 22.8 Å². The number of nitrogens with zero attached hydrogens (tertiary/aromatic N) is 1. The number of aromatic nitrogens is 1. The molecule has 1 atom stereocenters. The predicted octanol–water partition coefficient (Wildman–Crippen LogP) is 4.00. The van der Waals surface area contributed by atoms with E-state index >= 15 is 0 Å². The van der Waals surface area contributed by atoms with Crippen molar-refractivity contribution < 1.29 is 22.8 Å². The number of amides is 3. The minimum Gasteiger partial charge on any atom is -0.335 e. The standard InChI is InChI=1S/C15H17ClF3N3O2S/c1-8(12(23)22-14(24)21-10-4-2-3-5-10)25-13-11(16)6-9(7-20-13)15(17,18)19/h6-8,10H,2-5H2,1H3,(H2,21,22,23,24). The van der Waals surface area contributed by atoms with Gasteiger partial charge in [0.05, 0.1) is 15.8 Å². The second kappa shape index (κ2) is 8.27. The lowest BCUT2D eigenvalue weighted by molar-refractivity contribution is -0.137. The molecule has 0 bridgehead atoms. The maximum atomic E-state index is 12.6. The monoisotopic (exact) mass is 395 g/mol. The van der Waals surface area contributed by atoms with Gasteiger partial charge in [0.2, 0.25) is 5.91 Å². The quantitative estimate of drug-likeness (QED) is 0.756. The van der Waals surface area contributed by atoms with Gasteiger partial charge in [0, 0.05) is 12.2 Å². The van der Waals surface area contributed by atoms with Crippen LogP contribution in [0.5, 0.6) is 0 Å². The van der Waals surface area contributed by atoms with Gasteiger partial charge in [0.25, 0.3) is 0 Å². The number of carbonyl (C=O) groups excluding carboxylic acids is 2. The Hall–Kier alpha value is -1.48. The van der Waals surface area contributed by atoms with Crippen LogP contribution in [0, 0.1) is 0 Å². The van der Waals surface area contributed by atoms with Gasteiger partial charge >= 0.3 is 12.2 Å². The van der Waals surface area contributed by atoms with Gasteiger partial charge in [-0.1, -0.05) is 36.2 Å². The number of pyridine rings is 1. The number of halogens is 4. The molecule has 0 aromatic carbocycles. The molecule has 2 rings (SSSR count). The number of rotatable bonds is 4. The number of carbonyl (C=O) groups is 2. The summed E-state index contributed by atoms with van der Waals surface area (Å²) in [6, 6.07) is 0.256. The van der Waals surface area contributed by atoms with Crippen molar-refractivity contribution >= 4 is 35.3 Å². The molecular formula is C15H17ClF3N3O2S. The first-order valence-corrected chi connectivity index (χ1v) is 8.93. The van der Waals surface area contributed by atoms with E-state index in [4.69, 9.17) is 11.6 Å². The van der Waals surface area contributed by atoms with Crippen LogP contribution in [-0.2, 0) is 11.0 Å². The van der Waals surface area contributed by atoms with Crippen LogP contribution in [0.25, 0.3) is 0 Å². The van der Waals surface area contributed by atoms with Gasteiger partial charge in [-0.3, -0.25) is 10.1 Å². The SMILES string of the molecule is CC(Sc1ncc(C(F)(F)F)cc1Cl)C(=O)NC(=O)NC1CCCC1. The van der Waals surface area contributed by atoms with Crippen LogP contribution in [0.1, 0.15) is 38.2 Å². The Bertz CT molecular complexity index is 651. The predicted molar refractivity (Wildman–Crippen MR) is 88.5 cm³/mol. The second-order valence-electron chi connectivity index (χ2n) is 5.71. The Kier molecular flexibility index (Phi) is 6.56. The van der Waals surface area contributed by atoms with Gasteiger partial charge in [0.1, 0.15) is 5.03 Å². The zero-order valence-electron chi connectivity index (χ0n) is 13.3. The summed E-state index contributed by atoms with van der Waals surface area (Å²) in [5, 5.41) is 4.08. The minimum absolute atomic E-state index is 0.0711. The van der Waals surface area contributed by atoms with E-state index in [2.05, 4.69) is 15.6 Å². The fourth-order valence-electron chi connectivity index (χ4n) is 2.39. The largest absolute Gasteiger partial charge is 0.417 e. The van der Waals surface area contributed by atoms with Crippen molar-refractivity contribution in [2.75, 3.05) is 0 Å². The highest BCUT2D eigenvalue weighted by atomic mass is 35.5. The molecule has 0 aliphatic heterocycles. The van der Waals surface area contributed by atoms with E-state index < -0.39 is 28.9 Å². The number of hydrogen-bond acceptors (Lipinski definition) is 4. The van der Waals surface area contributed by atoms with Gasteiger partial charge in [-0.05, 0) is 25.8 Å². The van der Waals surface area contributed by atoms with Gasteiger partial charge in [-0.2, -0.15) is 13.2 Å². The highest BCUT2D eigenvalue weighted by molar-refractivity contribution is 8.00. The van der Waals surface area contributed by atoms with Crippen LogP contribution < -0.4 is 10.6 Å². The van der Waals surface area contributed by atoms with Crippen molar-refractivity contribution in [3.05, 3.63) is 22.8 Å². The third-order valence-electron chi connectivity index (χ3n) is 3.72. The molecule has 1 heterocycles. The van der Waals surface area contributed by atoms with E-state index in [1.165, 1.54) is 6.92 Å². The average Bonchev–Trinajstić information content (AvgIpc) is 3.00. The lowest BCUT2D eigenvalue weighted by Gasteiger charge is -2.15. The maximum Gasteiger partial charge on any atom is 0.417 e. The molecule has 25 heavy (non-hydrogen) atoms. The maximum absolute atomic E-state index is 12.6. The van der Waals surface area contributed by atoms with E-state index in [1.807, 2.05) is 0 Å². The molecule has 3 amide bonds. The van der Waals surface area contributed by atoms with Crippen LogP contribution in [0.2, 0.25) is 5.02 Å². The Labute approximate surface area is 152 Å². The summed E-state index contributed by atoms with van der Waals surface area (Å²) in [7, 11) is 0. The van der Waals surface area contributed by atoms with Crippen LogP contribution in [0.4, 0.5) is 18.0 Å². The molecule has 5 nitrogen and oxygen atoms in total. The molecule has 10 heteroatoms. The number of hydrogen-bond donors (Lipinski definition) is 2. The zero-order valence-corrected chi connectivity index (χ0v) is 14.9. The van der Waals surface area contributed by atoms with Gasteiger partial charge in [-0.25, -0.2) is 9.78 Å². The van der Waals surface area contributed by atoms with Crippen molar-refractivity contribution in [3.8, 4) is 0 Å². The van der Waals surface area contributed by atoms with Crippen LogP contribution in [-0.4, -0.2) is 28.2 Å². The number of alkyl halides is 3. The third-order valence-corrected chi connectivity index (χ3v) is 5.24. The molecule has 1 fully saturated rings. The number of thioether (sulfide) groups is 1. The summed E-state index contributed by atoms with van der Waals surface area (Å²) in [5.74, 6) is -0.571. The number of urea groups is 1. The van der Waals surface area contributed by atoms with Crippen molar-refractivity contribution in [2.45, 2.75) is 55.1 Å². The van der Waals surface area contributed by atoms with Crippen LogP contribution in [0.15, 0.2) is 17.3 Å². The van der Waals surface area contributed by atoms with E-state index in [1.54, 1.807) is 0 Å². The Balaban J connectivity index is 1.91. The topological polar surface area (TPSA) is 71.1 Å². The normalized spacial score (nSPS) is 16.5. The summed E-state index contributed by atoms with van der Waals surface area (Å²) >= 11 is 6.69. The second-order valence-corrected chi connectivity index (χ2v) is 7.45. The van der Waals surface area contributed by atoms with E-state index in [0.717, 1.165) is 43.5 Å². The Morgan fingerprint density at radius 1 is 1.36 bits per heavy atom. The lowest BCUT2D eigenvalue weighted by atomic mass is 10.2. The van der Waals surface area contributed by atoms with Crippen molar-refractivity contribution in [1.82, 2.24) is 15.6 Å². The lowest BCUT2D eigenvalue weighted by Crippen LogP contribution is -2.45. The van der Waals surface area contributed by atoms with Crippen LogP contribution in [0.3, 0.4) is 0 Å². The van der Waals surface area contributed by atoms with E-state index in [-0.39, 0.29) is 16.1 Å². The Morgan fingerprint density at radius 2 is 2.00 bits per heavy atom. The van der Waals surface area contributed by atoms with Crippen molar-refractivity contribution in [3.63, 3.8) is 0 Å². The molecule has 1 unspecified atom stereocenters. The summed E-state index contributed by atoms with van der Waals surface area (Å²) in [6.07, 6.45) is -0.0206. The summed E-state index contributed by atoms with van der Waals surface area (Å²) < 4.78 is 37.8. The summed E-state index contributed by atoms with van der Waals surface area (Å²) in [6.45, 7) is 1.51. The highest BCUT2D eigenvalue weighted by Gasteiger charge is 2.32. The van der Waals surface area contributed by atoms with E-state index in [0.29, 0.717) is 6.20 Å². The molecule has 0 saturated heterocycles. The molecular weight excluding hydrogens is 379 g/mol. The fraction of sp³-hybridized carbons (Fsp3) is 0.533. The molecule has 1 aromatic heterocycles. The highest BCUT2D eigenvalue weighted by Crippen LogP contribution is 2.34. The van der Waals surface area contributed by atoms with Crippen molar-refractivity contribution in [1.29, 1.82) is 0 Å². The fourth-order valence-corrected chi connectivity index (χ4v) is 3.48. The molecule has 0 radical (unpaired) electrons. The molecule has 2 N–H and O–H groups in total. The number of imide groups is 1. The Morgan fingerprint density at radius 3 is 2.56 bits per heavy atom. The molecule has 1 aromatic rings. The van der Waals surface area contributed by atoms with Gasteiger partial charge < -0.3 is 5.32 Å². The van der Waals surface area contributed by atoms with Gasteiger partial charge in [-0.15, -0.1) is 0 Å². The molecule has 1 aliphatic carbocycles. The molecule has 1 aliphatic rings. The zero-order chi connectivity index (χ0) is 18.6. The number of nitrogens with one attached hydrogen (secondary N) is 2. The van der Waals surface area contributed by atoms with Gasteiger partial charge in [0.15, 0.2) is 0 Å². The third kappa shape index (κ3) is 5.78. The smallest absolute Gasteiger partial charge is 0.335 e. The molecule has 1 saturated carbocycles. The summed E-state index contributed by atoms with van der Waals surface area (Å²) in [4.78, 5) is 27.5. The first kappa shape index (κ1) is 19.8. The minimum atomic E-state index is -4.54. The first-order chi connectivity index (χ1) is 11.7. The van der Waals surface area contributed by atoms with Crippen molar-refractivity contribution in [2.24, 2.45) is 0 Å².